The molecule has 0 bridgehead atoms. The molecule has 4 nitrogen and oxygen atoms in total. The molecule has 4 heteroatoms. The molecule has 3 rings (SSSR count). The third-order valence-corrected chi connectivity index (χ3v) is 4.78. The lowest BCUT2D eigenvalue weighted by Crippen LogP contribution is -2.38. The smallest absolute Gasteiger partial charge is 0.225 e. The zero-order valence-electron chi connectivity index (χ0n) is 13.2. The molecule has 1 heterocycles. The lowest BCUT2D eigenvalue weighted by molar-refractivity contribution is -0.129. The van der Waals surface area contributed by atoms with Gasteiger partial charge in [0.25, 0.3) is 0 Å². The number of carbonyl (C=O) groups excluding carboxylic acids is 2. The van der Waals surface area contributed by atoms with Crippen LogP contribution >= 0.6 is 0 Å². The Bertz CT molecular complexity index is 547. The van der Waals surface area contributed by atoms with E-state index in [4.69, 9.17) is 0 Å². The van der Waals surface area contributed by atoms with Crippen LogP contribution in [-0.2, 0) is 16.1 Å². The minimum absolute atomic E-state index is 0.0617. The lowest BCUT2D eigenvalue weighted by Gasteiger charge is -2.18. The van der Waals surface area contributed by atoms with Crippen LogP contribution in [-0.4, -0.2) is 29.3 Å². The average Bonchev–Trinajstić information content (AvgIpc) is 3.12. The van der Waals surface area contributed by atoms with Crippen molar-refractivity contribution < 1.29 is 9.59 Å². The Hall–Kier alpha value is -1.84. The van der Waals surface area contributed by atoms with Crippen LogP contribution in [0.15, 0.2) is 24.3 Å². The molecule has 22 heavy (non-hydrogen) atoms. The van der Waals surface area contributed by atoms with E-state index in [-0.39, 0.29) is 17.7 Å². The van der Waals surface area contributed by atoms with Crippen molar-refractivity contribution in [3.05, 3.63) is 35.4 Å². The van der Waals surface area contributed by atoms with Gasteiger partial charge in [-0.25, -0.2) is 0 Å². The number of nitrogens with one attached hydrogen (secondary N) is 1. The first-order chi connectivity index (χ1) is 10.6. The third kappa shape index (κ3) is 3.49. The van der Waals surface area contributed by atoms with Crippen molar-refractivity contribution in [3.63, 3.8) is 0 Å². The fraction of sp³-hybridized carbons (Fsp3) is 0.556. The van der Waals surface area contributed by atoms with Crippen molar-refractivity contribution in [1.82, 2.24) is 10.2 Å². The molecule has 0 spiro atoms. The summed E-state index contributed by atoms with van der Waals surface area (Å²) in [7, 11) is 0. The van der Waals surface area contributed by atoms with Crippen molar-refractivity contribution in [1.29, 1.82) is 0 Å². The summed E-state index contributed by atoms with van der Waals surface area (Å²) < 4.78 is 0. The van der Waals surface area contributed by atoms with Crippen molar-refractivity contribution in [2.24, 2.45) is 5.92 Å². The number of aryl methyl sites for hydroxylation is 1. The summed E-state index contributed by atoms with van der Waals surface area (Å²) in [5.41, 5.74) is 2.33. The zero-order valence-corrected chi connectivity index (χ0v) is 13.2. The summed E-state index contributed by atoms with van der Waals surface area (Å²) in [6.07, 6.45) is 4.92. The van der Waals surface area contributed by atoms with Crippen molar-refractivity contribution in [2.75, 3.05) is 6.54 Å². The van der Waals surface area contributed by atoms with Crippen LogP contribution in [0.25, 0.3) is 0 Å². The molecule has 1 aromatic carbocycles. The Morgan fingerprint density at radius 1 is 1.23 bits per heavy atom. The van der Waals surface area contributed by atoms with Gasteiger partial charge in [0.2, 0.25) is 11.8 Å². The molecule has 1 aliphatic carbocycles. The maximum absolute atomic E-state index is 12.3. The van der Waals surface area contributed by atoms with E-state index in [1.54, 1.807) is 0 Å². The molecular formula is C18H24N2O2. The molecule has 2 aliphatic rings. The highest BCUT2D eigenvalue weighted by Crippen LogP contribution is 2.23. The number of nitrogens with zero attached hydrogens (tertiary/aromatic N) is 1. The van der Waals surface area contributed by atoms with E-state index in [1.807, 2.05) is 11.8 Å². The van der Waals surface area contributed by atoms with Gasteiger partial charge in [-0.2, -0.15) is 0 Å². The molecule has 1 aromatic rings. The number of likely N-dealkylation sites (tertiary alicyclic amines) is 1. The zero-order chi connectivity index (χ0) is 15.5. The van der Waals surface area contributed by atoms with Crippen molar-refractivity contribution >= 4 is 11.8 Å². The average molecular weight is 300 g/mol. The Kier molecular flexibility index (Phi) is 4.46. The molecule has 1 N–H and O–H groups in total. The van der Waals surface area contributed by atoms with E-state index in [2.05, 4.69) is 29.6 Å². The highest BCUT2D eigenvalue weighted by atomic mass is 16.2. The fourth-order valence-corrected chi connectivity index (χ4v) is 3.40. The van der Waals surface area contributed by atoms with Gasteiger partial charge in [0, 0.05) is 25.6 Å². The second-order valence-corrected chi connectivity index (χ2v) is 6.65. The maximum atomic E-state index is 12.3. The van der Waals surface area contributed by atoms with Crippen molar-refractivity contribution in [3.8, 4) is 0 Å². The Morgan fingerprint density at radius 3 is 2.59 bits per heavy atom. The summed E-state index contributed by atoms with van der Waals surface area (Å²) in [6.45, 7) is 3.20. The molecule has 1 aliphatic heterocycles. The van der Waals surface area contributed by atoms with Crippen LogP contribution in [0.1, 0.15) is 43.2 Å². The van der Waals surface area contributed by atoms with Crippen LogP contribution < -0.4 is 5.32 Å². The first kappa shape index (κ1) is 15.1. The van der Waals surface area contributed by atoms with Crippen LogP contribution in [0.3, 0.4) is 0 Å². The molecule has 118 valence electrons. The summed E-state index contributed by atoms with van der Waals surface area (Å²) in [6, 6.07) is 8.54. The molecular weight excluding hydrogens is 276 g/mol. The molecule has 0 aromatic heterocycles. The normalized spacial score (nSPS) is 22.3. The Morgan fingerprint density at radius 2 is 1.91 bits per heavy atom. The summed E-state index contributed by atoms with van der Waals surface area (Å²) in [4.78, 5) is 26.3. The summed E-state index contributed by atoms with van der Waals surface area (Å²) >= 11 is 0. The fourth-order valence-electron chi connectivity index (χ4n) is 3.40. The molecule has 0 radical (unpaired) electrons. The minimum Gasteiger partial charge on any atom is -0.353 e. The van der Waals surface area contributed by atoms with Gasteiger partial charge in [-0.1, -0.05) is 42.7 Å². The largest absolute Gasteiger partial charge is 0.353 e. The first-order valence-electron chi connectivity index (χ1n) is 8.25. The standard InChI is InChI=1S/C18H24N2O2/c1-13-6-8-14(9-7-13)11-20-12-15(10-17(20)21)18(22)19-16-4-2-3-5-16/h6-9,15-16H,2-5,10-12H2,1H3,(H,19,22). The second kappa shape index (κ2) is 6.51. The van der Waals surface area contributed by atoms with Gasteiger partial charge in [-0.15, -0.1) is 0 Å². The maximum Gasteiger partial charge on any atom is 0.225 e. The van der Waals surface area contributed by atoms with E-state index >= 15 is 0 Å². The third-order valence-electron chi connectivity index (χ3n) is 4.78. The highest BCUT2D eigenvalue weighted by Gasteiger charge is 2.35. The second-order valence-electron chi connectivity index (χ2n) is 6.65. The minimum atomic E-state index is -0.182. The van der Waals surface area contributed by atoms with Crippen LogP contribution in [0.2, 0.25) is 0 Å². The van der Waals surface area contributed by atoms with Crippen LogP contribution in [0.4, 0.5) is 0 Å². The summed E-state index contributed by atoms with van der Waals surface area (Å²) in [5, 5.41) is 3.12. The molecule has 1 atom stereocenters. The molecule has 2 fully saturated rings. The number of hydrogen-bond donors (Lipinski definition) is 1. The lowest BCUT2D eigenvalue weighted by atomic mass is 10.1. The van der Waals surface area contributed by atoms with E-state index in [1.165, 1.54) is 18.4 Å². The van der Waals surface area contributed by atoms with Crippen LogP contribution in [0.5, 0.6) is 0 Å². The quantitative estimate of drug-likeness (QED) is 0.928. The van der Waals surface area contributed by atoms with Gasteiger partial charge in [0.05, 0.1) is 5.92 Å². The van der Waals surface area contributed by atoms with Crippen molar-refractivity contribution in [2.45, 2.75) is 51.6 Å². The summed E-state index contributed by atoms with van der Waals surface area (Å²) in [5.74, 6) is -0.0302. The Balaban J connectivity index is 1.55. The van der Waals surface area contributed by atoms with E-state index in [9.17, 15) is 9.59 Å². The van der Waals surface area contributed by atoms with Crippen LogP contribution in [0, 0.1) is 12.8 Å². The molecule has 1 unspecified atom stereocenters. The van der Waals surface area contributed by atoms with E-state index in [0.29, 0.717) is 25.6 Å². The van der Waals surface area contributed by atoms with E-state index in [0.717, 1.165) is 18.4 Å². The number of benzene rings is 1. The highest BCUT2D eigenvalue weighted by molar-refractivity contribution is 5.89. The SMILES string of the molecule is Cc1ccc(CN2CC(C(=O)NC3CCCC3)CC2=O)cc1. The number of carbonyl (C=O) groups is 2. The topological polar surface area (TPSA) is 49.4 Å². The molecule has 1 saturated carbocycles. The van der Waals surface area contributed by atoms with Gasteiger partial charge >= 0.3 is 0 Å². The van der Waals surface area contributed by atoms with E-state index < -0.39 is 0 Å². The number of hydrogen-bond acceptors (Lipinski definition) is 2. The van der Waals surface area contributed by atoms with Gasteiger partial charge in [0.1, 0.15) is 0 Å². The molecule has 2 amide bonds. The predicted molar refractivity (Wildman–Crippen MR) is 85.1 cm³/mol. The van der Waals surface area contributed by atoms with Gasteiger partial charge in [0.15, 0.2) is 0 Å². The molecule has 1 saturated heterocycles. The monoisotopic (exact) mass is 300 g/mol. The predicted octanol–water partition coefficient (Wildman–Crippen LogP) is 2.40. The number of rotatable bonds is 4. The van der Waals surface area contributed by atoms with Gasteiger partial charge < -0.3 is 10.2 Å². The van der Waals surface area contributed by atoms with Gasteiger partial charge in [-0.05, 0) is 25.3 Å². The van der Waals surface area contributed by atoms with Gasteiger partial charge in [-0.3, -0.25) is 9.59 Å². The first-order valence-corrected chi connectivity index (χ1v) is 8.25. The Labute approximate surface area is 131 Å². The number of amides is 2.